The molecule has 3 heterocycles. The Morgan fingerprint density at radius 2 is 1.49 bits per heavy atom. The molecule has 192 valence electrons. The Bertz CT molecular complexity index is 1810. The molecule has 0 amide bonds. The molecule has 0 bridgehead atoms. The van der Waals surface area contributed by atoms with E-state index in [2.05, 4.69) is 15.3 Å². The fourth-order valence-electron chi connectivity index (χ4n) is 4.52. The first-order valence-corrected chi connectivity index (χ1v) is 12.2. The van der Waals surface area contributed by atoms with E-state index < -0.39 is 0 Å². The second kappa shape index (κ2) is 10.1. The highest BCUT2D eigenvalue weighted by Gasteiger charge is 2.23. The number of fused-ring (bicyclic) bond motifs is 1. The number of methoxy groups -OCH3 is 2. The van der Waals surface area contributed by atoms with Crippen molar-refractivity contribution in [2.75, 3.05) is 19.5 Å². The van der Waals surface area contributed by atoms with Crippen molar-refractivity contribution in [1.82, 2.24) is 24.1 Å². The molecular formula is C30H24N6O3. The van der Waals surface area contributed by atoms with Gasteiger partial charge >= 0.3 is 6.01 Å². The molecule has 0 aliphatic heterocycles. The van der Waals surface area contributed by atoms with E-state index >= 15 is 0 Å². The average molecular weight is 517 g/mol. The molecule has 0 saturated heterocycles. The standard InChI is InChI=1S/C30H24N6O3/c1-38-23-15-13-22(14-16-23)35-25(32-24-17-18-31-30(33-24)39-2)19-26(37)36-29(35)27(20-9-5-3-6-10-20)28(34-36)21-11-7-4-8-12-21/h3-19H,1-2H3,(H,31,32,33). The smallest absolute Gasteiger partial charge is 0.318 e. The molecule has 0 atom stereocenters. The van der Waals surface area contributed by atoms with Crippen LogP contribution in [0.25, 0.3) is 33.7 Å². The molecule has 9 nitrogen and oxygen atoms in total. The molecule has 0 fully saturated rings. The van der Waals surface area contributed by atoms with Crippen molar-refractivity contribution in [1.29, 1.82) is 0 Å². The Morgan fingerprint density at radius 3 is 2.15 bits per heavy atom. The Hall–Kier alpha value is -5.44. The highest BCUT2D eigenvalue weighted by Crippen LogP contribution is 2.37. The van der Waals surface area contributed by atoms with Crippen LogP contribution in [0, 0.1) is 0 Å². The van der Waals surface area contributed by atoms with E-state index in [4.69, 9.17) is 14.6 Å². The van der Waals surface area contributed by atoms with E-state index in [-0.39, 0.29) is 11.6 Å². The molecule has 6 rings (SSSR count). The maximum absolute atomic E-state index is 13.6. The topological polar surface area (TPSA) is 95.6 Å². The number of ether oxygens (including phenoxy) is 2. The first-order chi connectivity index (χ1) is 19.2. The molecule has 3 aromatic carbocycles. The van der Waals surface area contributed by atoms with E-state index in [9.17, 15) is 4.79 Å². The lowest BCUT2D eigenvalue weighted by Crippen LogP contribution is -2.20. The predicted molar refractivity (Wildman–Crippen MR) is 150 cm³/mol. The highest BCUT2D eigenvalue weighted by atomic mass is 16.5. The van der Waals surface area contributed by atoms with Gasteiger partial charge in [-0.15, -0.1) is 0 Å². The third kappa shape index (κ3) is 4.46. The lowest BCUT2D eigenvalue weighted by atomic mass is 10.0. The minimum atomic E-state index is -0.294. The zero-order valence-electron chi connectivity index (χ0n) is 21.3. The summed E-state index contributed by atoms with van der Waals surface area (Å²) in [5.74, 6) is 1.68. The van der Waals surface area contributed by atoms with Gasteiger partial charge in [0.25, 0.3) is 5.56 Å². The second-order valence-corrected chi connectivity index (χ2v) is 8.65. The average Bonchev–Trinajstić information content (AvgIpc) is 3.39. The lowest BCUT2D eigenvalue weighted by molar-refractivity contribution is 0.380. The maximum Gasteiger partial charge on any atom is 0.318 e. The van der Waals surface area contributed by atoms with E-state index in [1.807, 2.05) is 89.5 Å². The minimum absolute atomic E-state index is 0.208. The molecule has 39 heavy (non-hydrogen) atoms. The van der Waals surface area contributed by atoms with E-state index in [1.54, 1.807) is 19.4 Å². The van der Waals surface area contributed by atoms with Crippen molar-refractivity contribution in [3.05, 3.63) is 114 Å². The lowest BCUT2D eigenvalue weighted by Gasteiger charge is -2.18. The number of nitrogens with one attached hydrogen (secondary N) is 1. The summed E-state index contributed by atoms with van der Waals surface area (Å²) >= 11 is 0. The van der Waals surface area contributed by atoms with Gasteiger partial charge in [-0.3, -0.25) is 9.36 Å². The quantitative estimate of drug-likeness (QED) is 0.305. The molecule has 6 aromatic rings. The van der Waals surface area contributed by atoms with Gasteiger partial charge in [0.15, 0.2) is 5.65 Å². The van der Waals surface area contributed by atoms with Gasteiger partial charge in [0.1, 0.15) is 23.1 Å². The van der Waals surface area contributed by atoms with Gasteiger partial charge in [-0.2, -0.15) is 14.6 Å². The van der Waals surface area contributed by atoms with Crippen molar-refractivity contribution >= 4 is 17.3 Å². The first kappa shape index (κ1) is 23.9. The van der Waals surface area contributed by atoms with E-state index in [0.717, 1.165) is 22.4 Å². The summed E-state index contributed by atoms with van der Waals surface area (Å²) in [4.78, 5) is 22.1. The largest absolute Gasteiger partial charge is 0.497 e. The number of hydrogen-bond acceptors (Lipinski definition) is 7. The normalized spacial score (nSPS) is 10.9. The summed E-state index contributed by atoms with van der Waals surface area (Å²) in [5.41, 5.74) is 4.44. The van der Waals surface area contributed by atoms with Crippen LogP contribution in [-0.4, -0.2) is 38.4 Å². The van der Waals surface area contributed by atoms with Gasteiger partial charge in [-0.25, -0.2) is 4.98 Å². The summed E-state index contributed by atoms with van der Waals surface area (Å²) in [6.45, 7) is 0. The number of hydrogen-bond donors (Lipinski definition) is 1. The SMILES string of the molecule is COc1ccc(-n2c(Nc3ccnc(OC)n3)cc(=O)n3nc(-c4ccccc4)c(-c4ccccc4)c23)cc1. The molecule has 0 unspecified atom stereocenters. The van der Waals surface area contributed by atoms with Gasteiger partial charge in [-0.1, -0.05) is 60.7 Å². The van der Waals surface area contributed by atoms with Crippen molar-refractivity contribution in [3.63, 3.8) is 0 Å². The van der Waals surface area contributed by atoms with Crippen molar-refractivity contribution in [2.24, 2.45) is 0 Å². The van der Waals surface area contributed by atoms with Gasteiger partial charge in [0.2, 0.25) is 0 Å². The number of anilines is 2. The third-order valence-corrected chi connectivity index (χ3v) is 6.30. The van der Waals surface area contributed by atoms with Crippen molar-refractivity contribution in [3.8, 4) is 39.8 Å². The van der Waals surface area contributed by atoms with Gasteiger partial charge < -0.3 is 14.8 Å². The first-order valence-electron chi connectivity index (χ1n) is 12.2. The van der Waals surface area contributed by atoms with Gasteiger partial charge in [0, 0.05) is 23.5 Å². The van der Waals surface area contributed by atoms with Gasteiger partial charge in [-0.05, 0) is 35.9 Å². The summed E-state index contributed by atoms with van der Waals surface area (Å²) in [7, 11) is 3.13. The van der Waals surface area contributed by atoms with E-state index in [0.29, 0.717) is 28.7 Å². The maximum atomic E-state index is 13.6. The molecular weight excluding hydrogens is 492 g/mol. The van der Waals surface area contributed by atoms with Crippen LogP contribution in [0.2, 0.25) is 0 Å². The predicted octanol–water partition coefficient (Wildman–Crippen LogP) is 5.37. The number of rotatable bonds is 7. The van der Waals surface area contributed by atoms with E-state index in [1.165, 1.54) is 17.7 Å². The van der Waals surface area contributed by atoms with Crippen LogP contribution in [0.15, 0.2) is 108 Å². The minimum Gasteiger partial charge on any atom is -0.497 e. The summed E-state index contributed by atoms with van der Waals surface area (Å²) in [6, 6.07) is 30.8. The Balaban J connectivity index is 1.71. The van der Waals surface area contributed by atoms with Crippen LogP contribution in [0.4, 0.5) is 11.6 Å². The Kier molecular flexibility index (Phi) is 6.22. The van der Waals surface area contributed by atoms with Gasteiger partial charge in [0.05, 0.1) is 19.8 Å². The zero-order valence-corrected chi connectivity index (χ0v) is 21.3. The Morgan fingerprint density at radius 1 is 0.795 bits per heavy atom. The fourth-order valence-corrected chi connectivity index (χ4v) is 4.52. The van der Waals surface area contributed by atoms with Crippen LogP contribution in [0.1, 0.15) is 0 Å². The monoisotopic (exact) mass is 516 g/mol. The number of aromatic nitrogens is 5. The summed E-state index contributed by atoms with van der Waals surface area (Å²) in [5, 5.41) is 8.13. The van der Waals surface area contributed by atoms with Crippen LogP contribution < -0.4 is 20.3 Å². The molecule has 3 aromatic heterocycles. The molecule has 0 aliphatic rings. The molecule has 0 radical (unpaired) electrons. The van der Waals surface area contributed by atoms with Crippen molar-refractivity contribution < 1.29 is 9.47 Å². The van der Waals surface area contributed by atoms with Crippen LogP contribution >= 0.6 is 0 Å². The third-order valence-electron chi connectivity index (χ3n) is 6.30. The molecule has 0 aliphatic carbocycles. The fraction of sp³-hybridized carbons (Fsp3) is 0.0667. The zero-order chi connectivity index (χ0) is 26.8. The molecule has 1 N–H and O–H groups in total. The van der Waals surface area contributed by atoms with Crippen molar-refractivity contribution in [2.45, 2.75) is 0 Å². The molecule has 0 saturated carbocycles. The summed E-state index contributed by atoms with van der Waals surface area (Å²) < 4.78 is 14.0. The molecule has 0 spiro atoms. The Labute approximate surface area is 224 Å². The van der Waals surface area contributed by atoms with Crippen LogP contribution in [-0.2, 0) is 0 Å². The molecule has 9 heteroatoms. The summed E-state index contributed by atoms with van der Waals surface area (Å²) in [6.07, 6.45) is 1.59. The highest BCUT2D eigenvalue weighted by molar-refractivity contribution is 5.92. The van der Waals surface area contributed by atoms with Crippen LogP contribution in [0.3, 0.4) is 0 Å². The number of nitrogens with zero attached hydrogens (tertiary/aromatic N) is 5. The second-order valence-electron chi connectivity index (χ2n) is 8.65. The number of benzene rings is 3. The van der Waals surface area contributed by atoms with Crippen LogP contribution in [0.5, 0.6) is 11.8 Å².